The molecule has 8 heteroatoms. The van der Waals surface area contributed by atoms with Gasteiger partial charge in [0.1, 0.15) is 18.0 Å². The predicted octanol–water partition coefficient (Wildman–Crippen LogP) is 3.21. The first-order chi connectivity index (χ1) is 12.9. The maximum Gasteiger partial charge on any atom is 0.240 e. The molecule has 2 aromatic carbocycles. The van der Waals surface area contributed by atoms with Gasteiger partial charge in [-0.05, 0) is 25.1 Å². The van der Waals surface area contributed by atoms with Crippen molar-refractivity contribution in [3.8, 4) is 11.5 Å². The first-order valence-electron chi connectivity index (χ1n) is 8.24. The second-order valence-corrected chi connectivity index (χ2v) is 6.02. The second-order valence-electron chi connectivity index (χ2n) is 6.02. The van der Waals surface area contributed by atoms with Crippen LogP contribution in [-0.4, -0.2) is 29.7 Å². The number of carbonyl (C=O) groups excluding carboxylic acids is 1. The molecule has 3 aromatic rings. The highest BCUT2D eigenvalue weighted by atomic mass is 19.2. The van der Waals surface area contributed by atoms with Crippen LogP contribution in [0.2, 0.25) is 0 Å². The number of fused-ring (bicyclic) bond motifs is 1. The van der Waals surface area contributed by atoms with E-state index in [0.717, 1.165) is 17.7 Å². The molecule has 0 bridgehead atoms. The second kappa shape index (κ2) is 7.61. The summed E-state index contributed by atoms with van der Waals surface area (Å²) < 4.78 is 38.8. The van der Waals surface area contributed by atoms with Crippen LogP contribution in [0.3, 0.4) is 0 Å². The number of nitrogens with zero attached hydrogens (tertiary/aromatic N) is 2. The van der Waals surface area contributed by atoms with E-state index in [9.17, 15) is 13.6 Å². The van der Waals surface area contributed by atoms with Crippen molar-refractivity contribution >= 4 is 16.9 Å². The summed E-state index contributed by atoms with van der Waals surface area (Å²) in [5.74, 6) is -1.01. The topological polar surface area (TPSA) is 65.4 Å². The van der Waals surface area contributed by atoms with Gasteiger partial charge in [0, 0.05) is 17.7 Å². The number of nitrogens with one attached hydrogen (secondary N) is 1. The Morgan fingerprint density at radius 3 is 2.63 bits per heavy atom. The molecule has 0 aliphatic rings. The molecule has 3 rings (SSSR count). The molecular formula is C19H19F2N3O3. The zero-order chi connectivity index (χ0) is 19.6. The number of carbonyl (C=O) groups is 1. The van der Waals surface area contributed by atoms with Crippen LogP contribution in [0.1, 0.15) is 18.5 Å². The molecule has 0 aliphatic carbocycles. The average molecular weight is 375 g/mol. The van der Waals surface area contributed by atoms with Crippen molar-refractivity contribution < 1.29 is 23.0 Å². The summed E-state index contributed by atoms with van der Waals surface area (Å²) in [5.41, 5.74) is 1.38. The lowest BCUT2D eigenvalue weighted by atomic mass is 10.1. The van der Waals surface area contributed by atoms with E-state index in [2.05, 4.69) is 10.3 Å². The molecule has 0 saturated heterocycles. The van der Waals surface area contributed by atoms with Crippen LogP contribution in [0.25, 0.3) is 11.0 Å². The molecule has 0 radical (unpaired) electrons. The number of imidazole rings is 1. The molecule has 1 unspecified atom stereocenters. The summed E-state index contributed by atoms with van der Waals surface area (Å²) in [6.45, 7) is 1.73. The lowest BCUT2D eigenvalue weighted by Gasteiger charge is -2.18. The van der Waals surface area contributed by atoms with Gasteiger partial charge in [-0.15, -0.1) is 0 Å². The summed E-state index contributed by atoms with van der Waals surface area (Å²) in [6, 6.07) is 6.99. The van der Waals surface area contributed by atoms with Crippen molar-refractivity contribution in [2.45, 2.75) is 19.5 Å². The average Bonchev–Trinajstić information content (AvgIpc) is 3.02. The number of ether oxygens (including phenoxy) is 2. The fraction of sp³-hybridized carbons (Fsp3) is 0.263. The first-order valence-corrected chi connectivity index (χ1v) is 8.24. The van der Waals surface area contributed by atoms with E-state index in [1.807, 2.05) is 6.92 Å². The highest BCUT2D eigenvalue weighted by Crippen LogP contribution is 2.29. The molecule has 142 valence electrons. The molecule has 1 atom stereocenters. The van der Waals surface area contributed by atoms with E-state index in [1.165, 1.54) is 10.9 Å². The number of aromatic nitrogens is 2. The summed E-state index contributed by atoms with van der Waals surface area (Å²) in [7, 11) is 3.10. The molecule has 0 fully saturated rings. The highest BCUT2D eigenvalue weighted by Gasteiger charge is 2.17. The van der Waals surface area contributed by atoms with E-state index in [1.54, 1.807) is 32.4 Å². The van der Waals surface area contributed by atoms with Gasteiger partial charge in [-0.2, -0.15) is 0 Å². The first kappa shape index (κ1) is 18.6. The number of hydrogen-bond acceptors (Lipinski definition) is 4. The summed E-state index contributed by atoms with van der Waals surface area (Å²) in [6.07, 6.45) is 1.37. The van der Waals surface area contributed by atoms with Crippen molar-refractivity contribution in [2.75, 3.05) is 14.2 Å². The van der Waals surface area contributed by atoms with Gasteiger partial charge in [-0.3, -0.25) is 4.79 Å². The SMILES string of the molecule is COc1ccc(OC)c(C(C)NC(=O)Cn2cnc3cc(F)c(F)cc32)c1. The number of amides is 1. The highest BCUT2D eigenvalue weighted by molar-refractivity contribution is 5.81. The van der Waals surface area contributed by atoms with Crippen LogP contribution >= 0.6 is 0 Å². The fourth-order valence-electron chi connectivity index (χ4n) is 2.88. The molecule has 27 heavy (non-hydrogen) atoms. The molecule has 1 N–H and O–H groups in total. The van der Waals surface area contributed by atoms with Gasteiger partial charge in [0.15, 0.2) is 11.6 Å². The molecule has 0 spiro atoms. The third-order valence-corrected chi connectivity index (χ3v) is 4.26. The van der Waals surface area contributed by atoms with Crippen LogP contribution in [-0.2, 0) is 11.3 Å². The van der Waals surface area contributed by atoms with Crippen molar-refractivity contribution in [3.63, 3.8) is 0 Å². The van der Waals surface area contributed by atoms with Gasteiger partial charge in [0.2, 0.25) is 5.91 Å². The quantitative estimate of drug-likeness (QED) is 0.719. The van der Waals surface area contributed by atoms with Crippen molar-refractivity contribution in [3.05, 3.63) is 53.9 Å². The standard InChI is InChI=1S/C19H19F2N3O3/c1-11(13-6-12(26-2)4-5-18(13)27-3)23-19(25)9-24-10-22-16-7-14(20)15(21)8-17(16)24/h4-8,10-11H,9H2,1-3H3,(H,23,25). The number of halogens is 2. The van der Waals surface area contributed by atoms with E-state index < -0.39 is 11.6 Å². The third kappa shape index (κ3) is 3.84. The van der Waals surface area contributed by atoms with Gasteiger partial charge in [0.05, 0.1) is 37.6 Å². The Hall–Kier alpha value is -3.16. The summed E-state index contributed by atoms with van der Waals surface area (Å²) in [4.78, 5) is 16.4. The zero-order valence-corrected chi connectivity index (χ0v) is 15.1. The molecule has 1 amide bonds. The molecule has 1 heterocycles. The Morgan fingerprint density at radius 2 is 1.93 bits per heavy atom. The lowest BCUT2D eigenvalue weighted by Crippen LogP contribution is -2.30. The molecule has 1 aromatic heterocycles. The minimum atomic E-state index is -0.987. The maximum absolute atomic E-state index is 13.5. The minimum Gasteiger partial charge on any atom is -0.497 e. The molecular weight excluding hydrogens is 356 g/mol. The van der Waals surface area contributed by atoms with Crippen molar-refractivity contribution in [2.24, 2.45) is 0 Å². The van der Waals surface area contributed by atoms with Crippen LogP contribution in [0.5, 0.6) is 11.5 Å². The van der Waals surface area contributed by atoms with E-state index in [4.69, 9.17) is 9.47 Å². The zero-order valence-electron chi connectivity index (χ0n) is 15.1. The van der Waals surface area contributed by atoms with Gasteiger partial charge in [0.25, 0.3) is 0 Å². The Labute approximate surface area is 154 Å². The van der Waals surface area contributed by atoms with Crippen LogP contribution in [0, 0.1) is 11.6 Å². The number of methoxy groups -OCH3 is 2. The summed E-state index contributed by atoms with van der Waals surface area (Å²) in [5, 5.41) is 2.86. The normalized spacial score (nSPS) is 12.0. The van der Waals surface area contributed by atoms with Crippen LogP contribution in [0.4, 0.5) is 8.78 Å². The van der Waals surface area contributed by atoms with Crippen molar-refractivity contribution in [1.29, 1.82) is 0 Å². The Morgan fingerprint density at radius 1 is 1.19 bits per heavy atom. The third-order valence-electron chi connectivity index (χ3n) is 4.26. The van der Waals surface area contributed by atoms with E-state index >= 15 is 0 Å². The van der Waals surface area contributed by atoms with Gasteiger partial charge < -0.3 is 19.4 Å². The Bertz CT molecular complexity index is 988. The van der Waals surface area contributed by atoms with Gasteiger partial charge in [-0.1, -0.05) is 0 Å². The van der Waals surface area contributed by atoms with Crippen LogP contribution < -0.4 is 14.8 Å². The largest absolute Gasteiger partial charge is 0.497 e. The van der Waals surface area contributed by atoms with E-state index in [-0.39, 0.29) is 24.0 Å². The van der Waals surface area contributed by atoms with Crippen molar-refractivity contribution in [1.82, 2.24) is 14.9 Å². The van der Waals surface area contributed by atoms with E-state index in [0.29, 0.717) is 17.0 Å². The summed E-state index contributed by atoms with van der Waals surface area (Å²) >= 11 is 0. The minimum absolute atomic E-state index is 0.0851. The van der Waals surface area contributed by atoms with Gasteiger partial charge >= 0.3 is 0 Å². The maximum atomic E-state index is 13.5. The molecule has 0 aliphatic heterocycles. The lowest BCUT2D eigenvalue weighted by molar-refractivity contribution is -0.122. The number of hydrogen-bond donors (Lipinski definition) is 1. The molecule has 0 saturated carbocycles. The van der Waals surface area contributed by atoms with Crippen LogP contribution in [0.15, 0.2) is 36.7 Å². The number of rotatable bonds is 6. The Kier molecular flexibility index (Phi) is 5.25. The predicted molar refractivity (Wildman–Crippen MR) is 95.8 cm³/mol. The molecule has 6 nitrogen and oxygen atoms in total. The monoisotopic (exact) mass is 375 g/mol. The number of benzene rings is 2. The fourth-order valence-corrected chi connectivity index (χ4v) is 2.88. The van der Waals surface area contributed by atoms with Gasteiger partial charge in [-0.25, -0.2) is 13.8 Å². The smallest absolute Gasteiger partial charge is 0.240 e. The Balaban J connectivity index is 1.77.